The molecule has 1 aromatic carbocycles. The first kappa shape index (κ1) is 13.0. The van der Waals surface area contributed by atoms with Crippen LogP contribution in [0, 0.1) is 28.8 Å². The van der Waals surface area contributed by atoms with Crippen LogP contribution in [-0.2, 0) is 0 Å². The van der Waals surface area contributed by atoms with Crippen molar-refractivity contribution < 1.29 is 18.0 Å². The molecule has 0 aliphatic rings. The Morgan fingerprint density at radius 3 is 2.24 bits per heavy atom. The van der Waals surface area contributed by atoms with Gasteiger partial charge in [0.2, 0.25) is 0 Å². The molecule has 1 amide bonds. The predicted molar refractivity (Wildman–Crippen MR) is 53.5 cm³/mol. The Bertz CT molecular complexity index is 473. The van der Waals surface area contributed by atoms with E-state index in [9.17, 15) is 18.0 Å². The largest absolute Gasteiger partial charge is 0.326 e. The number of amides is 1. The van der Waals surface area contributed by atoms with E-state index in [4.69, 9.17) is 5.26 Å². The van der Waals surface area contributed by atoms with E-state index in [1.54, 1.807) is 6.07 Å². The first-order valence-electron chi connectivity index (χ1n) is 4.69. The van der Waals surface area contributed by atoms with Crippen LogP contribution in [0.3, 0.4) is 0 Å². The molecule has 0 aliphatic carbocycles. The molecule has 1 atom stereocenters. The highest BCUT2D eigenvalue weighted by Gasteiger charge is 2.24. The van der Waals surface area contributed by atoms with Crippen LogP contribution < -0.4 is 0 Å². The highest BCUT2D eigenvalue weighted by Crippen LogP contribution is 2.17. The average molecular weight is 242 g/mol. The second-order valence-electron chi connectivity index (χ2n) is 3.47. The molecule has 0 N–H and O–H groups in total. The highest BCUT2D eigenvalue weighted by atomic mass is 19.1. The van der Waals surface area contributed by atoms with E-state index in [-0.39, 0.29) is 0 Å². The lowest BCUT2D eigenvalue weighted by Gasteiger charge is -2.19. The molecule has 0 spiro atoms. The smallest absolute Gasteiger partial charge is 0.260 e. The third-order valence-electron chi connectivity index (χ3n) is 2.31. The lowest BCUT2D eigenvalue weighted by molar-refractivity contribution is 0.0763. The third kappa shape index (κ3) is 2.56. The van der Waals surface area contributed by atoms with Gasteiger partial charge < -0.3 is 4.90 Å². The first-order chi connectivity index (χ1) is 7.88. The quantitative estimate of drug-likeness (QED) is 0.797. The van der Waals surface area contributed by atoms with Gasteiger partial charge in [0.15, 0.2) is 0 Å². The maximum absolute atomic E-state index is 13.3. The Hall–Kier alpha value is -2.03. The molecular formula is C11H9F3N2O. The van der Waals surface area contributed by atoms with E-state index in [0.29, 0.717) is 12.1 Å². The molecule has 1 unspecified atom stereocenters. The molecular weight excluding hydrogens is 233 g/mol. The van der Waals surface area contributed by atoms with Crippen molar-refractivity contribution in [3.05, 3.63) is 35.1 Å². The van der Waals surface area contributed by atoms with Gasteiger partial charge in [-0.15, -0.1) is 0 Å². The number of nitriles is 1. The molecule has 1 rings (SSSR count). The summed E-state index contributed by atoms with van der Waals surface area (Å²) in [7, 11) is 1.23. The molecule has 0 bridgehead atoms. The van der Waals surface area contributed by atoms with Crippen molar-refractivity contribution in [1.29, 1.82) is 5.26 Å². The summed E-state index contributed by atoms with van der Waals surface area (Å²) in [5.41, 5.74) is -0.865. The zero-order valence-corrected chi connectivity index (χ0v) is 9.17. The van der Waals surface area contributed by atoms with Gasteiger partial charge in [-0.3, -0.25) is 4.79 Å². The summed E-state index contributed by atoms with van der Waals surface area (Å²) in [6.45, 7) is 1.40. The Balaban J connectivity index is 3.18. The van der Waals surface area contributed by atoms with E-state index in [1.807, 2.05) is 0 Å². The topological polar surface area (TPSA) is 44.1 Å². The van der Waals surface area contributed by atoms with Crippen molar-refractivity contribution in [1.82, 2.24) is 4.90 Å². The Kier molecular flexibility index (Phi) is 3.73. The number of hydrogen-bond acceptors (Lipinski definition) is 2. The lowest BCUT2D eigenvalue weighted by atomic mass is 10.1. The number of hydrogen-bond donors (Lipinski definition) is 0. The zero-order chi connectivity index (χ0) is 13.2. The number of halogens is 3. The summed E-state index contributed by atoms with van der Waals surface area (Å²) in [5, 5.41) is 8.59. The van der Waals surface area contributed by atoms with Crippen LogP contribution in [-0.4, -0.2) is 23.9 Å². The summed E-state index contributed by atoms with van der Waals surface area (Å²) in [5.74, 6) is -4.68. The van der Waals surface area contributed by atoms with Crippen LogP contribution in [0.5, 0.6) is 0 Å². The van der Waals surface area contributed by atoms with Crippen LogP contribution in [0.15, 0.2) is 12.1 Å². The maximum Gasteiger partial charge on any atom is 0.260 e. The van der Waals surface area contributed by atoms with Crippen LogP contribution in [0.2, 0.25) is 0 Å². The highest BCUT2D eigenvalue weighted by molar-refractivity contribution is 5.95. The minimum absolute atomic E-state index is 0.418. The van der Waals surface area contributed by atoms with Gasteiger partial charge in [0.1, 0.15) is 29.1 Å². The number of rotatable bonds is 2. The summed E-state index contributed by atoms with van der Waals surface area (Å²) < 4.78 is 39.2. The Labute approximate surface area is 96.1 Å². The number of carbonyl (C=O) groups is 1. The van der Waals surface area contributed by atoms with Crippen molar-refractivity contribution in [3.8, 4) is 6.07 Å². The molecule has 0 radical (unpaired) electrons. The van der Waals surface area contributed by atoms with Gasteiger partial charge in [0, 0.05) is 19.2 Å². The van der Waals surface area contributed by atoms with Crippen molar-refractivity contribution in [3.63, 3.8) is 0 Å². The van der Waals surface area contributed by atoms with Crippen LogP contribution >= 0.6 is 0 Å². The minimum Gasteiger partial charge on any atom is -0.326 e. The molecule has 6 heteroatoms. The second-order valence-corrected chi connectivity index (χ2v) is 3.47. The van der Waals surface area contributed by atoms with Gasteiger partial charge in [-0.05, 0) is 6.92 Å². The number of carbonyl (C=O) groups excluding carboxylic acids is 1. The molecule has 0 aromatic heterocycles. The van der Waals surface area contributed by atoms with E-state index in [1.165, 1.54) is 14.0 Å². The van der Waals surface area contributed by atoms with Crippen molar-refractivity contribution in [2.45, 2.75) is 13.0 Å². The summed E-state index contributed by atoms with van der Waals surface area (Å²) >= 11 is 0. The van der Waals surface area contributed by atoms with Crippen LogP contribution in [0.25, 0.3) is 0 Å². The van der Waals surface area contributed by atoms with E-state index >= 15 is 0 Å². The third-order valence-corrected chi connectivity index (χ3v) is 2.31. The van der Waals surface area contributed by atoms with Crippen molar-refractivity contribution in [2.75, 3.05) is 7.05 Å². The van der Waals surface area contributed by atoms with Crippen LogP contribution in [0.1, 0.15) is 17.3 Å². The van der Waals surface area contributed by atoms with E-state index in [2.05, 4.69) is 0 Å². The Morgan fingerprint density at radius 2 is 1.82 bits per heavy atom. The molecule has 90 valence electrons. The fourth-order valence-electron chi connectivity index (χ4n) is 1.19. The van der Waals surface area contributed by atoms with Gasteiger partial charge in [-0.2, -0.15) is 5.26 Å². The predicted octanol–water partition coefficient (Wildman–Crippen LogP) is 2.09. The molecule has 1 aromatic rings. The zero-order valence-electron chi connectivity index (χ0n) is 9.17. The summed E-state index contributed by atoms with van der Waals surface area (Å²) in [4.78, 5) is 12.5. The second kappa shape index (κ2) is 4.87. The fourth-order valence-corrected chi connectivity index (χ4v) is 1.19. The molecule has 0 saturated heterocycles. The summed E-state index contributed by atoms with van der Waals surface area (Å²) in [6.07, 6.45) is 0. The van der Waals surface area contributed by atoms with E-state index < -0.39 is 35.0 Å². The maximum atomic E-state index is 13.3. The summed E-state index contributed by atoms with van der Waals surface area (Å²) in [6, 6.07) is 1.75. The van der Waals surface area contributed by atoms with Gasteiger partial charge in [-0.1, -0.05) is 0 Å². The first-order valence-corrected chi connectivity index (χ1v) is 4.69. The molecule has 0 saturated carbocycles. The van der Waals surface area contributed by atoms with Crippen LogP contribution in [0.4, 0.5) is 13.2 Å². The molecule has 0 fully saturated rings. The monoisotopic (exact) mass is 242 g/mol. The number of nitrogens with zero attached hydrogens (tertiary/aromatic N) is 2. The van der Waals surface area contributed by atoms with Gasteiger partial charge in [-0.25, -0.2) is 13.2 Å². The Morgan fingerprint density at radius 1 is 1.35 bits per heavy atom. The molecule has 17 heavy (non-hydrogen) atoms. The SMILES string of the molecule is CC(C#N)N(C)C(=O)c1c(F)cc(F)cc1F. The standard InChI is InChI=1S/C11H9F3N2O/c1-6(5-15)16(2)11(17)10-8(13)3-7(12)4-9(10)14/h3-4,6H,1-2H3. The average Bonchev–Trinajstić information content (AvgIpc) is 2.25. The van der Waals surface area contributed by atoms with Gasteiger partial charge >= 0.3 is 0 Å². The van der Waals surface area contributed by atoms with Crippen molar-refractivity contribution in [2.24, 2.45) is 0 Å². The normalized spacial score (nSPS) is 11.8. The molecule has 0 aliphatic heterocycles. The van der Waals surface area contributed by atoms with Crippen molar-refractivity contribution >= 4 is 5.91 Å². The minimum atomic E-state index is -1.29. The molecule has 3 nitrogen and oxygen atoms in total. The van der Waals surface area contributed by atoms with Gasteiger partial charge in [0.25, 0.3) is 5.91 Å². The fraction of sp³-hybridized carbons (Fsp3) is 0.273. The van der Waals surface area contributed by atoms with Gasteiger partial charge in [0.05, 0.1) is 6.07 Å². The number of benzene rings is 1. The van der Waals surface area contributed by atoms with E-state index in [0.717, 1.165) is 4.90 Å². The lowest BCUT2D eigenvalue weighted by Crippen LogP contribution is -2.35. The molecule has 0 heterocycles.